The van der Waals surface area contributed by atoms with Crippen LogP contribution in [0.5, 0.6) is 17.2 Å². The van der Waals surface area contributed by atoms with Crippen LogP contribution in [0.3, 0.4) is 0 Å². The fraction of sp³-hybridized carbons (Fsp3) is 0.450. The Morgan fingerprint density at radius 3 is 2.36 bits per heavy atom. The van der Waals surface area contributed by atoms with Crippen LogP contribution in [0.25, 0.3) is 0 Å². The third-order valence-electron chi connectivity index (χ3n) is 4.91. The highest BCUT2D eigenvalue weighted by Gasteiger charge is 2.29. The van der Waals surface area contributed by atoms with E-state index < -0.39 is 0 Å². The van der Waals surface area contributed by atoms with Crippen LogP contribution < -0.4 is 24.4 Å². The number of furan rings is 1. The zero-order chi connectivity index (χ0) is 19.9. The maximum Gasteiger partial charge on any atom is 0.251 e. The van der Waals surface area contributed by atoms with Crippen LogP contribution in [-0.4, -0.2) is 60.1 Å². The van der Waals surface area contributed by atoms with Gasteiger partial charge in [0.25, 0.3) is 5.91 Å². The largest absolute Gasteiger partial charge is 0.493 e. The lowest BCUT2D eigenvalue weighted by Crippen LogP contribution is -3.15. The van der Waals surface area contributed by atoms with Crippen molar-refractivity contribution in [2.24, 2.45) is 0 Å². The maximum absolute atomic E-state index is 12.8. The second kappa shape index (κ2) is 9.48. The zero-order valence-electron chi connectivity index (χ0n) is 16.4. The summed E-state index contributed by atoms with van der Waals surface area (Å²) in [6, 6.07) is 7.10. The number of benzene rings is 1. The summed E-state index contributed by atoms with van der Waals surface area (Å²) in [7, 11) is 4.57. The Morgan fingerprint density at radius 1 is 1.14 bits per heavy atom. The molecule has 2 heterocycles. The van der Waals surface area contributed by atoms with Crippen LogP contribution in [0.1, 0.15) is 22.2 Å². The van der Waals surface area contributed by atoms with Crippen LogP contribution in [0.15, 0.2) is 34.9 Å². The van der Waals surface area contributed by atoms with E-state index in [0.29, 0.717) is 42.6 Å². The Bertz CT molecular complexity index is 746. The highest BCUT2D eigenvalue weighted by atomic mass is 16.5. The molecular formula is C20H27N2O6+. The topological polar surface area (TPSA) is 83.6 Å². The average Bonchev–Trinajstić information content (AvgIpc) is 3.27. The van der Waals surface area contributed by atoms with E-state index in [-0.39, 0.29) is 11.9 Å². The summed E-state index contributed by atoms with van der Waals surface area (Å²) in [5.74, 6) is 1.96. The number of nitrogens with one attached hydrogen (secondary N) is 2. The lowest BCUT2D eigenvalue weighted by Gasteiger charge is -2.30. The van der Waals surface area contributed by atoms with Crippen molar-refractivity contribution in [3.8, 4) is 17.2 Å². The standard InChI is InChI=1S/C20H26N2O6/c1-24-17-11-14(12-18(25-2)19(17)26-3)20(23)21-13-15(16-5-4-8-28-16)22-6-9-27-10-7-22/h4-5,8,11-12,15H,6-7,9-10,13H2,1-3H3,(H,21,23)/p+1/t15-/m0/s1. The van der Waals surface area contributed by atoms with Crippen molar-refractivity contribution in [1.29, 1.82) is 0 Å². The predicted octanol–water partition coefficient (Wildman–Crippen LogP) is 0.692. The quantitative estimate of drug-likeness (QED) is 0.689. The van der Waals surface area contributed by atoms with Gasteiger partial charge in [-0.3, -0.25) is 4.79 Å². The molecule has 0 bridgehead atoms. The van der Waals surface area contributed by atoms with E-state index in [1.165, 1.54) is 26.2 Å². The van der Waals surface area contributed by atoms with Gasteiger partial charge in [0, 0.05) is 5.56 Å². The Labute approximate surface area is 164 Å². The van der Waals surface area contributed by atoms with Gasteiger partial charge in [-0.25, -0.2) is 0 Å². The normalized spacial score (nSPS) is 15.7. The number of hydrogen-bond donors (Lipinski definition) is 2. The van der Waals surface area contributed by atoms with Crippen LogP contribution in [0.4, 0.5) is 0 Å². The molecule has 0 aliphatic carbocycles. The molecule has 1 amide bonds. The third-order valence-corrected chi connectivity index (χ3v) is 4.91. The number of rotatable bonds is 8. The molecule has 1 saturated heterocycles. The smallest absolute Gasteiger partial charge is 0.251 e. The molecule has 0 spiro atoms. The zero-order valence-corrected chi connectivity index (χ0v) is 16.4. The number of quaternary nitrogens is 1. The Hall–Kier alpha value is -2.71. The first-order valence-corrected chi connectivity index (χ1v) is 9.21. The minimum Gasteiger partial charge on any atom is -0.493 e. The number of morpholine rings is 1. The summed E-state index contributed by atoms with van der Waals surface area (Å²) < 4.78 is 27.0. The molecule has 1 aromatic carbocycles. The number of carbonyl (C=O) groups excluding carboxylic acids is 1. The fourth-order valence-electron chi connectivity index (χ4n) is 3.43. The number of hydrogen-bond acceptors (Lipinski definition) is 6. The first-order chi connectivity index (χ1) is 13.7. The summed E-state index contributed by atoms with van der Waals surface area (Å²) in [6.07, 6.45) is 1.66. The van der Waals surface area contributed by atoms with Crippen LogP contribution >= 0.6 is 0 Å². The minimum atomic E-state index is -0.219. The maximum atomic E-state index is 12.8. The van der Waals surface area contributed by atoms with E-state index in [0.717, 1.165) is 18.8 Å². The third kappa shape index (κ3) is 4.40. The second-order valence-electron chi connectivity index (χ2n) is 6.46. The van der Waals surface area contributed by atoms with E-state index in [1.54, 1.807) is 18.4 Å². The lowest BCUT2D eigenvalue weighted by atomic mass is 10.1. The number of carbonyl (C=O) groups is 1. The average molecular weight is 391 g/mol. The van der Waals surface area contributed by atoms with Crippen LogP contribution in [0, 0.1) is 0 Å². The molecule has 1 aliphatic heterocycles. The van der Waals surface area contributed by atoms with Gasteiger partial charge in [0.2, 0.25) is 5.75 Å². The van der Waals surface area contributed by atoms with Crippen molar-refractivity contribution in [1.82, 2.24) is 5.32 Å². The fourth-order valence-corrected chi connectivity index (χ4v) is 3.43. The molecule has 28 heavy (non-hydrogen) atoms. The van der Waals surface area contributed by atoms with Gasteiger partial charge in [-0.1, -0.05) is 0 Å². The van der Waals surface area contributed by atoms with Gasteiger partial charge in [-0.2, -0.15) is 0 Å². The summed E-state index contributed by atoms with van der Waals surface area (Å²) >= 11 is 0. The monoisotopic (exact) mass is 391 g/mol. The van der Waals surface area contributed by atoms with Crippen LogP contribution in [-0.2, 0) is 4.74 Å². The van der Waals surface area contributed by atoms with Crippen molar-refractivity contribution in [3.63, 3.8) is 0 Å². The van der Waals surface area contributed by atoms with Gasteiger partial charge >= 0.3 is 0 Å². The molecule has 0 saturated carbocycles. The molecule has 0 radical (unpaired) electrons. The van der Waals surface area contributed by atoms with E-state index in [1.807, 2.05) is 12.1 Å². The summed E-state index contributed by atoms with van der Waals surface area (Å²) in [6.45, 7) is 3.58. The number of methoxy groups -OCH3 is 3. The van der Waals surface area contributed by atoms with Gasteiger partial charge in [-0.05, 0) is 24.3 Å². The Morgan fingerprint density at radius 2 is 1.82 bits per heavy atom. The molecule has 2 aromatic rings. The lowest BCUT2D eigenvalue weighted by molar-refractivity contribution is -0.938. The van der Waals surface area contributed by atoms with Gasteiger partial charge in [-0.15, -0.1) is 0 Å². The van der Waals surface area contributed by atoms with Gasteiger partial charge in [0.05, 0.1) is 47.4 Å². The molecule has 1 atom stereocenters. The highest BCUT2D eigenvalue weighted by Crippen LogP contribution is 2.38. The van der Waals surface area contributed by atoms with Crippen molar-refractivity contribution >= 4 is 5.91 Å². The predicted molar refractivity (Wildman–Crippen MR) is 101 cm³/mol. The molecule has 2 N–H and O–H groups in total. The minimum absolute atomic E-state index is 0.0184. The van der Waals surface area contributed by atoms with Crippen molar-refractivity contribution in [2.45, 2.75) is 6.04 Å². The van der Waals surface area contributed by atoms with Gasteiger partial charge in [0.15, 0.2) is 23.3 Å². The highest BCUT2D eigenvalue weighted by molar-refractivity contribution is 5.95. The van der Waals surface area contributed by atoms with E-state index in [9.17, 15) is 4.79 Å². The van der Waals surface area contributed by atoms with Crippen molar-refractivity contribution < 1.29 is 33.1 Å². The number of amides is 1. The van der Waals surface area contributed by atoms with Crippen LogP contribution in [0.2, 0.25) is 0 Å². The molecular weight excluding hydrogens is 364 g/mol. The molecule has 152 valence electrons. The van der Waals surface area contributed by atoms with Crippen molar-refractivity contribution in [2.75, 3.05) is 54.2 Å². The van der Waals surface area contributed by atoms with Gasteiger partial charge < -0.3 is 33.6 Å². The Balaban J connectivity index is 1.75. The van der Waals surface area contributed by atoms with Crippen molar-refractivity contribution in [3.05, 3.63) is 41.9 Å². The van der Waals surface area contributed by atoms with E-state index in [2.05, 4.69) is 5.32 Å². The molecule has 1 fully saturated rings. The summed E-state index contributed by atoms with van der Waals surface area (Å²) in [4.78, 5) is 14.1. The first-order valence-electron chi connectivity index (χ1n) is 9.21. The summed E-state index contributed by atoms with van der Waals surface area (Å²) in [5, 5.41) is 3.01. The van der Waals surface area contributed by atoms with Gasteiger partial charge in [0.1, 0.15) is 13.1 Å². The molecule has 1 aromatic heterocycles. The molecule has 8 nitrogen and oxygen atoms in total. The molecule has 8 heteroatoms. The number of ether oxygens (including phenoxy) is 4. The second-order valence-corrected chi connectivity index (χ2v) is 6.46. The molecule has 1 aliphatic rings. The van der Waals surface area contributed by atoms with E-state index >= 15 is 0 Å². The molecule has 3 rings (SSSR count). The summed E-state index contributed by atoms with van der Waals surface area (Å²) in [5.41, 5.74) is 0.435. The SMILES string of the molecule is COc1cc(C(=O)NC[C@@H](c2ccco2)[NH+]2CCOCC2)cc(OC)c1OC. The van der Waals surface area contributed by atoms with E-state index in [4.69, 9.17) is 23.4 Å². The first kappa shape index (κ1) is 20.0. The molecule has 0 unspecified atom stereocenters. The Kier molecular flexibility index (Phi) is 6.78.